The summed E-state index contributed by atoms with van der Waals surface area (Å²) in [6.45, 7) is 7.02. The van der Waals surface area contributed by atoms with Gasteiger partial charge in [0.05, 0.1) is 6.10 Å². The van der Waals surface area contributed by atoms with Crippen molar-refractivity contribution >= 4 is 11.3 Å². The lowest BCUT2D eigenvalue weighted by atomic mass is 9.90. The van der Waals surface area contributed by atoms with Crippen molar-refractivity contribution in [3.8, 4) is 0 Å². The number of nitrogens with two attached hydrogens (primary N) is 1. The van der Waals surface area contributed by atoms with Crippen LogP contribution < -0.4 is 5.73 Å². The summed E-state index contributed by atoms with van der Waals surface area (Å²) in [4.78, 5) is 1.11. The summed E-state index contributed by atoms with van der Waals surface area (Å²) >= 11 is 1.65. The molecule has 16 heavy (non-hydrogen) atoms. The average Bonchev–Trinajstić information content (AvgIpc) is 2.72. The van der Waals surface area contributed by atoms with E-state index in [4.69, 9.17) is 5.73 Å². The molecular formula is C13H23NOS. The number of aryl methyl sites for hydroxylation is 1. The third-order valence-electron chi connectivity index (χ3n) is 2.95. The first-order chi connectivity index (χ1) is 7.60. The van der Waals surface area contributed by atoms with Gasteiger partial charge in [-0.05, 0) is 42.3 Å². The topological polar surface area (TPSA) is 46.2 Å². The standard InChI is InChI=1S/C13H23NOS/c1-4-10-5-6-16-13(10)12(15)11(8-14)7-9(2)3/h5-6,9,11-12,15H,4,7-8,14H2,1-3H3. The first-order valence-corrected chi connectivity index (χ1v) is 6.92. The smallest absolute Gasteiger partial charge is 0.0924 e. The molecule has 1 aromatic rings. The zero-order chi connectivity index (χ0) is 12.1. The van der Waals surface area contributed by atoms with Crippen LogP contribution in [0.5, 0.6) is 0 Å². The molecule has 3 heteroatoms. The molecule has 0 radical (unpaired) electrons. The highest BCUT2D eigenvalue weighted by Gasteiger charge is 2.23. The van der Waals surface area contributed by atoms with Gasteiger partial charge in [-0.2, -0.15) is 0 Å². The molecule has 92 valence electrons. The number of thiophene rings is 1. The van der Waals surface area contributed by atoms with Crippen LogP contribution in [-0.2, 0) is 6.42 Å². The minimum Gasteiger partial charge on any atom is -0.387 e. The van der Waals surface area contributed by atoms with Gasteiger partial charge >= 0.3 is 0 Å². The molecular weight excluding hydrogens is 218 g/mol. The third kappa shape index (κ3) is 3.30. The van der Waals surface area contributed by atoms with Crippen molar-refractivity contribution in [1.29, 1.82) is 0 Å². The fourth-order valence-electron chi connectivity index (χ4n) is 2.07. The van der Waals surface area contributed by atoms with Crippen LogP contribution in [0.1, 0.15) is 43.7 Å². The molecule has 0 saturated carbocycles. The van der Waals surface area contributed by atoms with Crippen molar-refractivity contribution in [1.82, 2.24) is 0 Å². The maximum Gasteiger partial charge on any atom is 0.0924 e. The molecule has 2 atom stereocenters. The van der Waals surface area contributed by atoms with Crippen LogP contribution in [-0.4, -0.2) is 11.7 Å². The number of rotatable bonds is 6. The lowest BCUT2D eigenvalue weighted by Gasteiger charge is -2.23. The van der Waals surface area contributed by atoms with Gasteiger partial charge in [0.2, 0.25) is 0 Å². The molecule has 1 heterocycles. The Bertz CT molecular complexity index is 309. The monoisotopic (exact) mass is 241 g/mol. The minimum atomic E-state index is -0.387. The Balaban J connectivity index is 2.78. The summed E-state index contributed by atoms with van der Waals surface area (Å²) in [5.41, 5.74) is 7.03. The van der Waals surface area contributed by atoms with Gasteiger partial charge in [0.1, 0.15) is 0 Å². The lowest BCUT2D eigenvalue weighted by Crippen LogP contribution is -2.23. The largest absolute Gasteiger partial charge is 0.387 e. The molecule has 0 amide bonds. The summed E-state index contributed by atoms with van der Waals surface area (Å²) in [6.07, 6.45) is 1.58. The first-order valence-electron chi connectivity index (χ1n) is 6.04. The SMILES string of the molecule is CCc1ccsc1C(O)C(CN)CC(C)C. The van der Waals surface area contributed by atoms with Crippen molar-refractivity contribution in [2.75, 3.05) is 6.54 Å². The van der Waals surface area contributed by atoms with Gasteiger partial charge in [0, 0.05) is 10.8 Å². The fraction of sp³-hybridized carbons (Fsp3) is 0.692. The Morgan fingerprint density at radius 2 is 2.12 bits per heavy atom. The number of aliphatic hydroxyl groups excluding tert-OH is 1. The van der Waals surface area contributed by atoms with Crippen LogP contribution in [0.2, 0.25) is 0 Å². The molecule has 0 spiro atoms. The molecule has 0 aliphatic rings. The Kier molecular flexibility index (Phi) is 5.46. The molecule has 0 fully saturated rings. The highest BCUT2D eigenvalue weighted by molar-refractivity contribution is 7.10. The molecule has 2 nitrogen and oxygen atoms in total. The van der Waals surface area contributed by atoms with E-state index in [0.717, 1.165) is 17.7 Å². The summed E-state index contributed by atoms with van der Waals surface area (Å²) in [7, 11) is 0. The van der Waals surface area contributed by atoms with E-state index >= 15 is 0 Å². The highest BCUT2D eigenvalue weighted by Crippen LogP contribution is 2.32. The number of hydrogen-bond acceptors (Lipinski definition) is 3. The molecule has 0 aromatic carbocycles. The highest BCUT2D eigenvalue weighted by atomic mass is 32.1. The van der Waals surface area contributed by atoms with E-state index in [1.54, 1.807) is 11.3 Å². The van der Waals surface area contributed by atoms with E-state index in [9.17, 15) is 5.11 Å². The molecule has 2 unspecified atom stereocenters. The Morgan fingerprint density at radius 1 is 1.44 bits per heavy atom. The lowest BCUT2D eigenvalue weighted by molar-refractivity contribution is 0.102. The summed E-state index contributed by atoms with van der Waals surface area (Å²) in [6, 6.07) is 2.10. The average molecular weight is 241 g/mol. The summed E-state index contributed by atoms with van der Waals surface area (Å²) in [5.74, 6) is 0.761. The Morgan fingerprint density at radius 3 is 2.62 bits per heavy atom. The van der Waals surface area contributed by atoms with E-state index in [-0.39, 0.29) is 12.0 Å². The number of hydrogen-bond donors (Lipinski definition) is 2. The zero-order valence-electron chi connectivity index (χ0n) is 10.4. The van der Waals surface area contributed by atoms with E-state index in [1.165, 1.54) is 5.56 Å². The Labute approximate surface area is 102 Å². The van der Waals surface area contributed by atoms with Crippen molar-refractivity contribution in [2.24, 2.45) is 17.6 Å². The van der Waals surface area contributed by atoms with Gasteiger partial charge in [0.25, 0.3) is 0 Å². The van der Waals surface area contributed by atoms with Crippen LogP contribution in [0.15, 0.2) is 11.4 Å². The van der Waals surface area contributed by atoms with Crippen molar-refractivity contribution in [3.05, 3.63) is 21.9 Å². The van der Waals surface area contributed by atoms with Gasteiger partial charge in [-0.25, -0.2) is 0 Å². The van der Waals surface area contributed by atoms with E-state index in [1.807, 2.05) is 0 Å². The molecule has 0 bridgehead atoms. The second-order valence-corrected chi connectivity index (χ2v) is 5.68. The van der Waals surface area contributed by atoms with Crippen molar-refractivity contribution in [2.45, 2.75) is 39.7 Å². The molecule has 0 aliphatic heterocycles. The van der Waals surface area contributed by atoms with E-state index in [0.29, 0.717) is 12.5 Å². The first kappa shape index (κ1) is 13.7. The van der Waals surface area contributed by atoms with Gasteiger partial charge in [0.15, 0.2) is 0 Å². The molecule has 0 saturated heterocycles. The van der Waals surface area contributed by atoms with Crippen molar-refractivity contribution < 1.29 is 5.11 Å². The van der Waals surface area contributed by atoms with Crippen LogP contribution in [0.3, 0.4) is 0 Å². The van der Waals surface area contributed by atoms with Gasteiger partial charge in [-0.1, -0.05) is 20.8 Å². The molecule has 1 aromatic heterocycles. The summed E-state index contributed by atoms with van der Waals surface area (Å²) < 4.78 is 0. The van der Waals surface area contributed by atoms with Crippen molar-refractivity contribution in [3.63, 3.8) is 0 Å². The predicted octanol–water partition coefficient (Wildman–Crippen LogP) is 2.96. The second kappa shape index (κ2) is 6.38. The molecule has 3 N–H and O–H groups in total. The maximum atomic E-state index is 10.4. The normalized spacial score (nSPS) is 15.4. The third-order valence-corrected chi connectivity index (χ3v) is 3.98. The minimum absolute atomic E-state index is 0.184. The fourth-order valence-corrected chi connectivity index (χ4v) is 3.15. The predicted molar refractivity (Wildman–Crippen MR) is 70.7 cm³/mol. The van der Waals surface area contributed by atoms with E-state index < -0.39 is 0 Å². The maximum absolute atomic E-state index is 10.4. The molecule has 1 rings (SSSR count). The van der Waals surface area contributed by atoms with Gasteiger partial charge in [-0.15, -0.1) is 11.3 Å². The van der Waals surface area contributed by atoms with Gasteiger partial charge < -0.3 is 10.8 Å². The van der Waals surface area contributed by atoms with Crippen LogP contribution in [0.25, 0.3) is 0 Å². The summed E-state index contributed by atoms with van der Waals surface area (Å²) in [5, 5.41) is 12.4. The molecule has 0 aliphatic carbocycles. The van der Waals surface area contributed by atoms with Gasteiger partial charge in [-0.3, -0.25) is 0 Å². The second-order valence-electron chi connectivity index (χ2n) is 4.73. The van der Waals surface area contributed by atoms with Crippen LogP contribution in [0, 0.1) is 11.8 Å². The Hall–Kier alpha value is -0.380. The quantitative estimate of drug-likeness (QED) is 0.804. The van der Waals surface area contributed by atoms with Crippen LogP contribution in [0.4, 0.5) is 0 Å². The number of aliphatic hydroxyl groups is 1. The zero-order valence-corrected chi connectivity index (χ0v) is 11.3. The van der Waals surface area contributed by atoms with Crippen LogP contribution >= 0.6 is 11.3 Å². The van der Waals surface area contributed by atoms with E-state index in [2.05, 4.69) is 32.2 Å².